The molecule has 0 aromatic carbocycles. The van der Waals surface area contributed by atoms with Crippen molar-refractivity contribution in [3.8, 4) is 0 Å². The number of likely N-dealkylation sites (tertiary alicyclic amines) is 1. The van der Waals surface area contributed by atoms with Crippen LogP contribution in [-0.2, 0) is 14.6 Å². The zero-order valence-corrected chi connectivity index (χ0v) is 11.3. The van der Waals surface area contributed by atoms with Gasteiger partial charge in [-0.1, -0.05) is 6.92 Å². The summed E-state index contributed by atoms with van der Waals surface area (Å²) in [5, 5.41) is 8.65. The Balaban J connectivity index is 2.19. The topological polar surface area (TPSA) is 66.8 Å². The predicted octanol–water partition coefficient (Wildman–Crippen LogP) is -0.106. The highest BCUT2D eigenvalue weighted by atomic mass is 32.2. The van der Waals surface area contributed by atoms with Crippen LogP contribution in [0.1, 0.15) is 19.8 Å². The largest absolute Gasteiger partial charge is 0.394 e. The zero-order chi connectivity index (χ0) is 12.7. The maximum Gasteiger partial charge on any atom is 0.151 e. The summed E-state index contributed by atoms with van der Waals surface area (Å²) in [4.78, 5) is 2.17. The fourth-order valence-electron chi connectivity index (χ4n) is 1.93. The van der Waals surface area contributed by atoms with Gasteiger partial charge in [-0.25, -0.2) is 8.42 Å². The molecule has 1 aliphatic rings. The third-order valence-corrected chi connectivity index (χ3v) is 4.82. The highest BCUT2D eigenvalue weighted by Crippen LogP contribution is 2.13. The van der Waals surface area contributed by atoms with E-state index in [2.05, 4.69) is 4.90 Å². The Morgan fingerprint density at radius 3 is 2.53 bits per heavy atom. The maximum absolute atomic E-state index is 11.4. The van der Waals surface area contributed by atoms with Gasteiger partial charge in [0.25, 0.3) is 0 Å². The van der Waals surface area contributed by atoms with Crippen molar-refractivity contribution in [1.82, 2.24) is 4.90 Å². The molecule has 0 amide bonds. The van der Waals surface area contributed by atoms with Crippen molar-refractivity contribution in [3.63, 3.8) is 0 Å². The maximum atomic E-state index is 11.4. The van der Waals surface area contributed by atoms with Crippen molar-refractivity contribution in [1.29, 1.82) is 0 Å². The van der Waals surface area contributed by atoms with E-state index in [-0.39, 0.29) is 24.2 Å². The molecule has 0 aliphatic carbocycles. The van der Waals surface area contributed by atoms with Crippen LogP contribution >= 0.6 is 0 Å². The first-order valence-corrected chi connectivity index (χ1v) is 8.04. The minimum absolute atomic E-state index is 0.0644. The van der Waals surface area contributed by atoms with E-state index in [1.165, 1.54) is 0 Å². The van der Waals surface area contributed by atoms with Crippen LogP contribution in [0.4, 0.5) is 0 Å². The van der Waals surface area contributed by atoms with Gasteiger partial charge in [0.2, 0.25) is 0 Å². The lowest BCUT2D eigenvalue weighted by molar-refractivity contribution is -0.00672. The van der Waals surface area contributed by atoms with Crippen LogP contribution in [0, 0.1) is 0 Å². The van der Waals surface area contributed by atoms with Crippen LogP contribution in [0.25, 0.3) is 0 Å². The summed E-state index contributed by atoms with van der Waals surface area (Å²) >= 11 is 0. The molecular formula is C11H23NO4S. The van der Waals surface area contributed by atoms with Crippen molar-refractivity contribution in [2.24, 2.45) is 0 Å². The number of aliphatic hydroxyl groups is 1. The fourth-order valence-corrected chi connectivity index (χ4v) is 2.76. The Kier molecular flexibility index (Phi) is 6.40. The van der Waals surface area contributed by atoms with Crippen LogP contribution in [0.2, 0.25) is 0 Å². The molecule has 1 N–H and O–H groups in total. The molecular weight excluding hydrogens is 242 g/mol. The lowest BCUT2D eigenvalue weighted by Crippen LogP contribution is -2.39. The summed E-state index contributed by atoms with van der Waals surface area (Å²) in [6, 6.07) is 0. The van der Waals surface area contributed by atoms with Gasteiger partial charge in [0.1, 0.15) is 0 Å². The number of hydrogen-bond acceptors (Lipinski definition) is 5. The highest BCUT2D eigenvalue weighted by molar-refractivity contribution is 7.91. The lowest BCUT2D eigenvalue weighted by Gasteiger charge is -2.31. The molecule has 0 aromatic heterocycles. The van der Waals surface area contributed by atoms with Gasteiger partial charge in [-0.2, -0.15) is 0 Å². The molecule has 1 heterocycles. The average Bonchev–Trinajstić information content (AvgIpc) is 2.35. The summed E-state index contributed by atoms with van der Waals surface area (Å²) in [6.45, 7) is 4.54. The Morgan fingerprint density at radius 2 is 2.00 bits per heavy atom. The number of sulfone groups is 1. The van der Waals surface area contributed by atoms with Gasteiger partial charge in [-0.05, 0) is 12.8 Å². The number of aliphatic hydroxyl groups excluding tert-OH is 1. The Labute approximate surface area is 104 Å². The second-order valence-electron chi connectivity index (χ2n) is 4.37. The van der Waals surface area contributed by atoms with E-state index < -0.39 is 9.84 Å². The third kappa shape index (κ3) is 5.81. The first-order chi connectivity index (χ1) is 8.07. The van der Waals surface area contributed by atoms with E-state index in [1.807, 2.05) is 0 Å². The predicted molar refractivity (Wildman–Crippen MR) is 66.8 cm³/mol. The Morgan fingerprint density at radius 1 is 1.35 bits per heavy atom. The van der Waals surface area contributed by atoms with Gasteiger partial charge in [-0.3, -0.25) is 0 Å². The highest BCUT2D eigenvalue weighted by Gasteiger charge is 2.20. The molecule has 17 heavy (non-hydrogen) atoms. The van der Waals surface area contributed by atoms with Gasteiger partial charge >= 0.3 is 0 Å². The van der Waals surface area contributed by atoms with E-state index in [9.17, 15) is 8.42 Å². The number of nitrogens with zero attached hydrogens (tertiary/aromatic N) is 1. The van der Waals surface area contributed by atoms with Crippen LogP contribution < -0.4 is 0 Å². The number of hydrogen-bond donors (Lipinski definition) is 1. The van der Waals surface area contributed by atoms with Gasteiger partial charge in [0, 0.05) is 25.4 Å². The van der Waals surface area contributed by atoms with Crippen molar-refractivity contribution in [2.45, 2.75) is 25.9 Å². The molecule has 5 nitrogen and oxygen atoms in total. The number of piperidine rings is 1. The summed E-state index contributed by atoms with van der Waals surface area (Å²) in [7, 11) is -2.85. The molecule has 1 saturated heterocycles. The lowest BCUT2D eigenvalue weighted by atomic mass is 10.1. The molecule has 0 atom stereocenters. The zero-order valence-electron chi connectivity index (χ0n) is 10.5. The summed E-state index contributed by atoms with van der Waals surface area (Å²) in [5.41, 5.74) is 0. The number of ether oxygens (including phenoxy) is 1. The summed E-state index contributed by atoms with van der Waals surface area (Å²) in [6.07, 6.45) is 2.07. The van der Waals surface area contributed by atoms with Crippen molar-refractivity contribution >= 4 is 9.84 Å². The SMILES string of the molecule is CCS(=O)(=O)CCN1CCC(OCCO)CC1. The van der Waals surface area contributed by atoms with Gasteiger partial charge in [0.05, 0.1) is 25.1 Å². The average molecular weight is 265 g/mol. The summed E-state index contributed by atoms with van der Waals surface area (Å²) < 4.78 is 28.2. The van der Waals surface area contributed by atoms with Gasteiger partial charge in [0.15, 0.2) is 9.84 Å². The van der Waals surface area contributed by atoms with E-state index >= 15 is 0 Å². The second-order valence-corrected chi connectivity index (χ2v) is 6.84. The first-order valence-electron chi connectivity index (χ1n) is 6.22. The normalized spacial score (nSPS) is 19.6. The van der Waals surface area contributed by atoms with Crippen LogP contribution in [0.15, 0.2) is 0 Å². The van der Waals surface area contributed by atoms with Crippen molar-refractivity contribution < 1.29 is 18.3 Å². The molecule has 6 heteroatoms. The van der Waals surface area contributed by atoms with E-state index in [4.69, 9.17) is 9.84 Å². The molecule has 1 aliphatic heterocycles. The molecule has 1 rings (SSSR count). The molecule has 0 saturated carbocycles. The quantitative estimate of drug-likeness (QED) is 0.696. The molecule has 0 spiro atoms. The van der Waals surface area contributed by atoms with Crippen LogP contribution in [0.3, 0.4) is 0 Å². The number of rotatable bonds is 7. The van der Waals surface area contributed by atoms with Crippen LogP contribution in [-0.4, -0.2) is 68.9 Å². The summed E-state index contributed by atoms with van der Waals surface area (Å²) in [5.74, 6) is 0.481. The van der Waals surface area contributed by atoms with Gasteiger partial charge < -0.3 is 14.7 Å². The molecule has 0 aromatic rings. The Bertz CT molecular complexity index is 297. The van der Waals surface area contributed by atoms with Crippen LogP contribution in [0.5, 0.6) is 0 Å². The molecule has 102 valence electrons. The standard InChI is InChI=1S/C11H23NO4S/c1-2-17(14,15)10-7-12-5-3-11(4-6-12)16-9-8-13/h11,13H,2-10H2,1H3. The molecule has 0 bridgehead atoms. The van der Waals surface area contributed by atoms with E-state index in [1.54, 1.807) is 6.92 Å². The minimum Gasteiger partial charge on any atom is -0.394 e. The van der Waals surface area contributed by atoms with Crippen molar-refractivity contribution in [3.05, 3.63) is 0 Å². The molecule has 1 fully saturated rings. The minimum atomic E-state index is -2.85. The Hall–Kier alpha value is -0.170. The first kappa shape index (κ1) is 14.9. The van der Waals surface area contributed by atoms with Gasteiger partial charge in [-0.15, -0.1) is 0 Å². The van der Waals surface area contributed by atoms with Crippen molar-refractivity contribution in [2.75, 3.05) is 44.4 Å². The smallest absolute Gasteiger partial charge is 0.151 e. The van der Waals surface area contributed by atoms with E-state index in [0.29, 0.717) is 13.2 Å². The monoisotopic (exact) mass is 265 g/mol. The fraction of sp³-hybridized carbons (Fsp3) is 1.00. The molecule has 0 unspecified atom stereocenters. The van der Waals surface area contributed by atoms with E-state index in [0.717, 1.165) is 25.9 Å². The molecule has 0 radical (unpaired) electrons. The third-order valence-electron chi connectivity index (χ3n) is 3.14. The second kappa shape index (κ2) is 7.31.